The van der Waals surface area contributed by atoms with Gasteiger partial charge in [-0.2, -0.15) is 0 Å². The molecule has 1 aliphatic carbocycles. The van der Waals surface area contributed by atoms with Crippen LogP contribution >= 0.6 is 0 Å². The number of hydrogen-bond donors (Lipinski definition) is 5. The molecule has 3 atom stereocenters. The molecule has 14 heteroatoms. The number of allylic oxidation sites excluding steroid dienone is 7. The summed E-state index contributed by atoms with van der Waals surface area (Å²) in [6.45, 7) is 13.3. The van der Waals surface area contributed by atoms with E-state index >= 15 is 0 Å². The molecule has 3 aliphatic heterocycles. The number of nitrogens with zero attached hydrogens (tertiary/aromatic N) is 2. The second kappa shape index (κ2) is 19.1. The monoisotopic (exact) mass is 806 g/mol. The Morgan fingerprint density at radius 2 is 1.69 bits per heavy atom. The van der Waals surface area contributed by atoms with Gasteiger partial charge in [-0.05, 0) is 104 Å². The average Bonchev–Trinajstić information content (AvgIpc) is 3.80. The molecule has 6 bridgehead atoms. The van der Waals surface area contributed by atoms with Crippen molar-refractivity contribution in [3.05, 3.63) is 110 Å². The summed E-state index contributed by atoms with van der Waals surface area (Å²) in [5, 5.41) is 34.1. The molecule has 310 valence electrons. The zero-order valence-corrected chi connectivity index (χ0v) is 33.7. The van der Waals surface area contributed by atoms with Gasteiger partial charge in [0.05, 0.1) is 41.1 Å². The normalized spacial score (nSPS) is 24.2. The largest absolute Gasteiger partial charge is 0.463 e. The second-order valence-corrected chi connectivity index (χ2v) is 14.6. The molecule has 4 aliphatic rings. The molecule has 5 N–H and O–H groups in total. The van der Waals surface area contributed by atoms with Crippen molar-refractivity contribution in [1.82, 2.24) is 10.3 Å². The number of carbonyl (C=O) groups excluding carboxylic acids is 5. The lowest BCUT2D eigenvalue weighted by Crippen LogP contribution is -2.42. The van der Waals surface area contributed by atoms with Crippen LogP contribution in [-0.2, 0) is 33.4 Å². The minimum absolute atomic E-state index is 0.0332. The smallest absolute Gasteiger partial charge is 0.306 e. The first-order valence-electron chi connectivity index (χ1n) is 19.2. The zero-order chi connectivity index (χ0) is 43.0. The molecular formula is C45H50N4O10. The fourth-order valence-electron chi connectivity index (χ4n) is 7.80. The van der Waals surface area contributed by atoms with Crippen molar-refractivity contribution in [3.8, 4) is 0 Å². The Morgan fingerprint density at radius 1 is 0.966 bits per heavy atom. The predicted octanol–water partition coefficient (Wildman–Crippen LogP) is 2.40. The van der Waals surface area contributed by atoms with Gasteiger partial charge in [-0.15, -0.1) is 0 Å². The number of ether oxygens (including phenoxy) is 2. The molecule has 1 unspecified atom stereocenters. The SMILES string of the molecule is C=Cc1c(C)/c2[nH]/c1=C\C1=NC(/C=C\NC(=C(/C)C(=C)CCC(=O)OCC=O)/C=C3N=C(/C=2)C2=CC=C(C(=O)CO)[C@@H](C(=O)CO)[C@]2\3C)C(CCC(=O)OCCO)=C1C. The van der Waals surface area contributed by atoms with Crippen molar-refractivity contribution in [1.29, 1.82) is 0 Å². The van der Waals surface area contributed by atoms with Gasteiger partial charge in [0.25, 0.3) is 0 Å². The summed E-state index contributed by atoms with van der Waals surface area (Å²) in [6.07, 6.45) is 15.0. The maximum Gasteiger partial charge on any atom is 0.306 e. The summed E-state index contributed by atoms with van der Waals surface area (Å²) in [5.41, 5.74) is 5.89. The Morgan fingerprint density at radius 3 is 2.37 bits per heavy atom. The standard InChI is InChI=1S/C45H50N4O10/c1-7-29-27(4)36-21-38-32-11-9-31(39(54)23-52)44(40(55)24-53)45(32,6)41(49-38)22-34(26(3)25(2)8-12-42(56)58-18-16-50)46-15-14-33-30(10-13-43(57)59-19-17-51)28(5)35(47-33)20-37(29)48-36/h7,9,11,14-16,20-22,33,44,46,48,51-53H,1-2,8,10,12-13,17-19,23-24H2,3-6H3/b15-14-,34-26-,36-21+,37-20-,41-22-/t33?,44-,45+/m0/s1. The summed E-state index contributed by atoms with van der Waals surface area (Å²) in [7, 11) is 0. The molecule has 14 nitrogen and oxygen atoms in total. The Balaban J connectivity index is 1.77. The van der Waals surface area contributed by atoms with E-state index in [0.717, 1.165) is 27.6 Å². The lowest BCUT2D eigenvalue weighted by atomic mass is 9.62. The molecule has 0 aromatic carbocycles. The molecule has 0 saturated carbocycles. The van der Waals surface area contributed by atoms with E-state index in [0.29, 0.717) is 57.6 Å². The number of aliphatic hydroxyl groups is 3. The molecule has 0 fully saturated rings. The first-order chi connectivity index (χ1) is 28.2. The number of carbonyl (C=O) groups is 5. The quantitative estimate of drug-likeness (QED) is 0.121. The number of aliphatic imine (C=N–C) groups is 2. The number of ketones is 2. The van der Waals surface area contributed by atoms with Gasteiger partial charge in [0.2, 0.25) is 0 Å². The number of esters is 2. The maximum absolute atomic E-state index is 13.7. The molecule has 0 spiro atoms. The van der Waals surface area contributed by atoms with Crippen molar-refractivity contribution in [3.63, 3.8) is 0 Å². The number of Topliss-reactive ketones (excluding diaryl/α,β-unsaturated/α-hetero) is 2. The van der Waals surface area contributed by atoms with Gasteiger partial charge in [-0.25, -0.2) is 0 Å². The number of aldehydes is 1. The summed E-state index contributed by atoms with van der Waals surface area (Å²) in [4.78, 5) is 76.2. The summed E-state index contributed by atoms with van der Waals surface area (Å²) in [5.74, 6) is -3.55. The van der Waals surface area contributed by atoms with Gasteiger partial charge in [-0.3, -0.25) is 34.0 Å². The molecule has 1 aromatic heterocycles. The molecule has 1 aromatic rings. The van der Waals surface area contributed by atoms with Crippen molar-refractivity contribution in [2.45, 2.75) is 59.4 Å². The van der Waals surface area contributed by atoms with Crippen LogP contribution in [0.4, 0.5) is 0 Å². The highest BCUT2D eigenvalue weighted by atomic mass is 16.5. The Bertz CT molecular complexity index is 2360. The van der Waals surface area contributed by atoms with Crippen molar-refractivity contribution in [2.75, 3.05) is 33.0 Å². The van der Waals surface area contributed by atoms with Gasteiger partial charge < -0.3 is 35.1 Å². The number of aliphatic hydroxyl groups excluding tert-OH is 3. The minimum Gasteiger partial charge on any atom is -0.463 e. The van der Waals surface area contributed by atoms with Crippen LogP contribution in [0.5, 0.6) is 0 Å². The highest BCUT2D eigenvalue weighted by molar-refractivity contribution is 6.25. The van der Waals surface area contributed by atoms with E-state index in [9.17, 15) is 34.2 Å². The van der Waals surface area contributed by atoms with Crippen LogP contribution in [0, 0.1) is 18.3 Å². The van der Waals surface area contributed by atoms with Crippen molar-refractivity contribution >= 4 is 59.4 Å². The topological polar surface area (TPSA) is 217 Å². The third-order valence-corrected chi connectivity index (χ3v) is 11.1. The van der Waals surface area contributed by atoms with Gasteiger partial charge in [0, 0.05) is 40.4 Å². The highest BCUT2D eigenvalue weighted by Crippen LogP contribution is 2.54. The number of fused-ring (bicyclic) bond motifs is 7. The van der Waals surface area contributed by atoms with Crippen LogP contribution in [-0.4, -0.2) is 101 Å². The van der Waals surface area contributed by atoms with Crippen LogP contribution in [0.2, 0.25) is 0 Å². The van der Waals surface area contributed by atoms with Crippen LogP contribution in [0.15, 0.2) is 98.5 Å². The third-order valence-electron chi connectivity index (χ3n) is 11.1. The first-order valence-corrected chi connectivity index (χ1v) is 19.2. The van der Waals surface area contributed by atoms with E-state index in [2.05, 4.69) is 23.5 Å². The van der Waals surface area contributed by atoms with Crippen molar-refractivity contribution in [2.24, 2.45) is 21.3 Å². The van der Waals surface area contributed by atoms with Crippen LogP contribution in [0.3, 0.4) is 0 Å². The number of H-pyrrole nitrogens is 1. The molecular weight excluding hydrogens is 757 g/mol. The maximum atomic E-state index is 13.7. The Hall–Kier alpha value is -6.09. The molecule has 4 heterocycles. The van der Waals surface area contributed by atoms with Gasteiger partial charge in [0.15, 0.2) is 17.9 Å². The molecule has 0 saturated heterocycles. The van der Waals surface area contributed by atoms with Gasteiger partial charge >= 0.3 is 11.9 Å². The minimum atomic E-state index is -1.32. The lowest BCUT2D eigenvalue weighted by molar-refractivity contribution is -0.145. The Kier molecular flexibility index (Phi) is 14.3. The third kappa shape index (κ3) is 9.15. The lowest BCUT2D eigenvalue weighted by Gasteiger charge is -2.38. The second-order valence-electron chi connectivity index (χ2n) is 14.6. The number of aromatic nitrogens is 1. The highest BCUT2D eigenvalue weighted by Gasteiger charge is 2.53. The predicted molar refractivity (Wildman–Crippen MR) is 223 cm³/mol. The van der Waals surface area contributed by atoms with Gasteiger partial charge in [-0.1, -0.05) is 31.4 Å². The van der Waals surface area contributed by atoms with Crippen molar-refractivity contribution < 1.29 is 48.8 Å². The fourth-order valence-corrected chi connectivity index (χ4v) is 7.80. The number of hydrogen-bond acceptors (Lipinski definition) is 13. The zero-order valence-electron chi connectivity index (χ0n) is 33.7. The van der Waals surface area contributed by atoms with E-state index in [1.807, 2.05) is 32.1 Å². The summed E-state index contributed by atoms with van der Waals surface area (Å²) < 4.78 is 10.0. The molecule has 5 rings (SSSR count). The first kappa shape index (κ1) is 44.0. The number of nitrogens with one attached hydrogen (secondary N) is 2. The Labute approximate surface area is 341 Å². The van der Waals surface area contributed by atoms with Crippen LogP contribution < -0.4 is 16.0 Å². The van der Waals surface area contributed by atoms with E-state index < -0.39 is 54.1 Å². The molecule has 0 radical (unpaired) electrons. The average molecular weight is 807 g/mol. The summed E-state index contributed by atoms with van der Waals surface area (Å²) in [6, 6.07) is -0.503. The van der Waals surface area contributed by atoms with E-state index in [1.165, 1.54) is 6.08 Å². The van der Waals surface area contributed by atoms with E-state index in [4.69, 9.17) is 24.6 Å². The number of aromatic amines is 1. The van der Waals surface area contributed by atoms with E-state index in [1.54, 1.807) is 38.3 Å². The van der Waals surface area contributed by atoms with E-state index in [-0.39, 0.29) is 44.7 Å². The van der Waals surface area contributed by atoms with Crippen LogP contribution in [0.1, 0.15) is 57.6 Å². The fraction of sp³-hybridized carbons (Fsp3) is 0.356. The molecule has 59 heavy (non-hydrogen) atoms. The summed E-state index contributed by atoms with van der Waals surface area (Å²) >= 11 is 0. The molecule has 0 amide bonds. The number of rotatable bonds is 16. The van der Waals surface area contributed by atoms with Gasteiger partial charge in [0.1, 0.15) is 26.4 Å². The van der Waals surface area contributed by atoms with Crippen LogP contribution in [0.25, 0.3) is 18.2 Å².